The van der Waals surface area contributed by atoms with Crippen LogP contribution in [0.15, 0.2) is 103 Å². The first-order valence-corrected chi connectivity index (χ1v) is 27.0. The molecular weight excluding hydrogens is 1110 g/mol. The zero-order chi connectivity index (χ0) is 59.9. The first kappa shape index (κ1) is 62.2. The van der Waals surface area contributed by atoms with Gasteiger partial charge in [-0.25, -0.2) is 33.9 Å². The highest BCUT2D eigenvalue weighted by molar-refractivity contribution is 6.31. The Bertz CT molecular complexity index is 3100. The summed E-state index contributed by atoms with van der Waals surface area (Å²) in [6.45, 7) is 9.89. The van der Waals surface area contributed by atoms with E-state index < -0.39 is 90.1 Å². The average Bonchev–Trinajstić information content (AvgIpc) is 4.09. The lowest BCUT2D eigenvalue weighted by Crippen LogP contribution is -2.65. The SMILES string of the molecule is C[C@@H](C(=O)N1[C@H](C(=O)N[C@@]2(Cc3ccc(Cl)cc3)CCCN(C(=O)OC(C)(C)C)C2)COC1(C)C)N(Cc1ccc(Cl)cc1Oc1ccc(-c2cnc(CN(C)C)n2C)cc1)C(=O)O[C@@H](Cc1ccccc1)C(=O)OOC(=O)C(F)(F)F. The molecule has 7 rings (SSSR count). The van der Waals surface area contributed by atoms with Crippen LogP contribution in [0.4, 0.5) is 22.8 Å². The Balaban J connectivity index is 1.23. The molecule has 4 atom stereocenters. The van der Waals surface area contributed by atoms with E-state index in [0.717, 1.165) is 27.5 Å². The highest BCUT2D eigenvalue weighted by Gasteiger charge is 2.52. The fraction of sp³-hybridized carbons (Fsp3) is 0.431. The number of nitrogens with one attached hydrogen (secondary N) is 1. The van der Waals surface area contributed by atoms with Gasteiger partial charge in [-0.15, -0.1) is 0 Å². The fourth-order valence-corrected chi connectivity index (χ4v) is 9.91. The molecule has 82 heavy (non-hydrogen) atoms. The van der Waals surface area contributed by atoms with Crippen molar-refractivity contribution in [3.05, 3.63) is 136 Å². The number of hydrogen-bond acceptors (Lipinski definition) is 14. The lowest BCUT2D eigenvalue weighted by atomic mass is 9.82. The van der Waals surface area contributed by atoms with Crippen LogP contribution in [0, 0.1) is 0 Å². The summed E-state index contributed by atoms with van der Waals surface area (Å²) in [6, 6.07) is 23.6. The number of likely N-dealkylation sites (tertiary alicyclic amines) is 1. The summed E-state index contributed by atoms with van der Waals surface area (Å²) < 4.78 is 65.6. The summed E-state index contributed by atoms with van der Waals surface area (Å²) >= 11 is 12.8. The van der Waals surface area contributed by atoms with Crippen LogP contribution in [-0.4, -0.2) is 140 Å². The van der Waals surface area contributed by atoms with E-state index in [0.29, 0.717) is 42.3 Å². The van der Waals surface area contributed by atoms with E-state index in [1.807, 2.05) is 54.9 Å². The highest BCUT2D eigenvalue weighted by Crippen LogP contribution is 2.36. The summed E-state index contributed by atoms with van der Waals surface area (Å²) in [6.07, 6.45) is -7.16. The van der Waals surface area contributed by atoms with Crippen molar-refractivity contribution in [1.29, 1.82) is 0 Å². The van der Waals surface area contributed by atoms with Crippen molar-refractivity contribution in [3.63, 3.8) is 0 Å². The predicted octanol–water partition coefficient (Wildman–Crippen LogP) is 9.84. The summed E-state index contributed by atoms with van der Waals surface area (Å²) in [5.74, 6) is -4.73. The van der Waals surface area contributed by atoms with Gasteiger partial charge in [-0.3, -0.25) is 19.4 Å². The molecule has 0 bridgehead atoms. The van der Waals surface area contributed by atoms with Gasteiger partial charge in [0, 0.05) is 47.7 Å². The number of piperidine rings is 1. The van der Waals surface area contributed by atoms with Crippen LogP contribution in [0.25, 0.3) is 11.3 Å². The molecule has 24 heteroatoms. The Morgan fingerprint density at radius 3 is 2.20 bits per heavy atom. The van der Waals surface area contributed by atoms with Crippen molar-refractivity contribution in [2.45, 2.75) is 122 Å². The van der Waals surface area contributed by atoms with Gasteiger partial charge in [0.2, 0.25) is 17.9 Å². The lowest BCUT2D eigenvalue weighted by Gasteiger charge is -2.45. The van der Waals surface area contributed by atoms with E-state index in [4.69, 9.17) is 42.1 Å². The standard InChI is InChI=1S/C58H66Cl2F3N7O12/c1-36(50(72)70-45(34-77-56(70,5)6)49(71)65-57(30-38-16-21-41(59)22-17-38)26-13-27-68(35-57)53(75)80-55(2,3)4)69(54(76)79-47(28-37-14-11-10-12-15-37)51(73)81-82-52(74)58(61,62)63)32-40-18-23-42(60)29-46(40)78-43-24-19-39(20-25-43)44-31-64-48(67(44)9)33-66(7)8/h10-12,14-25,29,31,36,45,47H,13,26-28,30,32-35H2,1-9H3,(H,65,71)/t36-,45-,47-,57+/m0/s1. The molecule has 2 fully saturated rings. The average molecular weight is 1180 g/mol. The number of nitrogens with zero attached hydrogens (tertiary/aromatic N) is 6. The van der Waals surface area contributed by atoms with Crippen LogP contribution in [0.2, 0.25) is 10.0 Å². The molecule has 0 aliphatic carbocycles. The quantitative estimate of drug-likeness (QED) is 0.0681. The summed E-state index contributed by atoms with van der Waals surface area (Å²) in [7, 11) is 5.80. The molecule has 440 valence electrons. The van der Waals surface area contributed by atoms with Gasteiger partial charge >= 0.3 is 30.3 Å². The molecule has 1 aromatic heterocycles. The van der Waals surface area contributed by atoms with Crippen LogP contribution in [0.5, 0.6) is 11.5 Å². The third kappa shape index (κ3) is 16.0. The number of amides is 4. The van der Waals surface area contributed by atoms with Crippen molar-refractivity contribution < 1.29 is 70.7 Å². The number of alkyl halides is 3. The third-order valence-electron chi connectivity index (χ3n) is 13.6. The number of ether oxygens (including phenoxy) is 4. The Labute approximate surface area is 483 Å². The Kier molecular flexibility index (Phi) is 19.6. The van der Waals surface area contributed by atoms with E-state index in [9.17, 15) is 32.3 Å². The minimum atomic E-state index is -5.55. The maximum absolute atomic E-state index is 15.4. The van der Waals surface area contributed by atoms with E-state index in [-0.39, 0.29) is 35.9 Å². The number of carbonyl (C=O) groups is 6. The Morgan fingerprint density at radius 1 is 0.878 bits per heavy atom. The lowest BCUT2D eigenvalue weighted by molar-refractivity contribution is -0.289. The molecule has 4 aromatic carbocycles. The number of aromatic nitrogens is 2. The molecular formula is C58H66Cl2F3N7O12. The van der Waals surface area contributed by atoms with Gasteiger partial charge in [-0.05, 0) is 135 Å². The molecule has 0 saturated carbocycles. The fourth-order valence-electron chi connectivity index (χ4n) is 9.63. The van der Waals surface area contributed by atoms with Crippen molar-refractivity contribution >= 4 is 59.1 Å². The van der Waals surface area contributed by atoms with Crippen molar-refractivity contribution in [1.82, 2.24) is 34.5 Å². The molecule has 0 radical (unpaired) electrons. The summed E-state index contributed by atoms with van der Waals surface area (Å²) in [5, 5.41) is 3.91. The Hall–Kier alpha value is -7.40. The van der Waals surface area contributed by atoms with Crippen molar-refractivity contribution in [2.75, 3.05) is 33.8 Å². The van der Waals surface area contributed by atoms with E-state index in [2.05, 4.69) is 20.1 Å². The van der Waals surface area contributed by atoms with Gasteiger partial charge in [-0.2, -0.15) is 13.2 Å². The minimum absolute atomic E-state index is 0.0388. The molecule has 2 aliphatic heterocycles. The van der Waals surface area contributed by atoms with Crippen LogP contribution >= 0.6 is 23.2 Å². The molecule has 2 saturated heterocycles. The molecule has 0 unspecified atom stereocenters. The zero-order valence-electron chi connectivity index (χ0n) is 46.9. The molecule has 19 nitrogen and oxygen atoms in total. The molecule has 1 N–H and O–H groups in total. The second-order valence-electron chi connectivity index (χ2n) is 21.9. The largest absolute Gasteiger partial charge is 0.495 e. The minimum Gasteiger partial charge on any atom is -0.457 e. The molecule has 5 aromatic rings. The monoisotopic (exact) mass is 1180 g/mol. The first-order chi connectivity index (χ1) is 38.5. The maximum Gasteiger partial charge on any atom is 0.495 e. The highest BCUT2D eigenvalue weighted by atomic mass is 35.5. The summed E-state index contributed by atoms with van der Waals surface area (Å²) in [4.78, 5) is 103. The molecule has 0 spiro atoms. The number of halogens is 5. The molecule has 2 aliphatic rings. The van der Waals surface area contributed by atoms with Gasteiger partial charge in [0.15, 0.2) is 0 Å². The van der Waals surface area contributed by atoms with E-state index in [1.165, 1.54) is 47.1 Å². The van der Waals surface area contributed by atoms with Gasteiger partial charge < -0.3 is 38.6 Å². The zero-order valence-corrected chi connectivity index (χ0v) is 48.4. The van der Waals surface area contributed by atoms with E-state index >= 15 is 9.59 Å². The van der Waals surface area contributed by atoms with Crippen LogP contribution in [0.1, 0.15) is 76.9 Å². The molecule has 4 amide bonds. The van der Waals surface area contributed by atoms with Crippen LogP contribution in [-0.2, 0) is 76.1 Å². The second-order valence-corrected chi connectivity index (χ2v) is 22.8. The first-order valence-electron chi connectivity index (χ1n) is 26.3. The third-order valence-corrected chi connectivity index (χ3v) is 14.1. The predicted molar refractivity (Wildman–Crippen MR) is 295 cm³/mol. The van der Waals surface area contributed by atoms with Crippen molar-refractivity contribution in [3.8, 4) is 22.8 Å². The van der Waals surface area contributed by atoms with Crippen LogP contribution < -0.4 is 10.1 Å². The number of imidazole rings is 1. The number of hydrogen-bond donors (Lipinski definition) is 1. The van der Waals surface area contributed by atoms with Crippen molar-refractivity contribution in [2.24, 2.45) is 7.05 Å². The topological polar surface area (TPSA) is 201 Å². The second kappa shape index (κ2) is 25.8. The normalized spacial score (nSPS) is 17.8. The summed E-state index contributed by atoms with van der Waals surface area (Å²) in [5.41, 5.74) is -0.362. The van der Waals surface area contributed by atoms with Gasteiger partial charge in [0.1, 0.15) is 40.7 Å². The van der Waals surface area contributed by atoms with Gasteiger partial charge in [0.25, 0.3) is 0 Å². The number of benzene rings is 4. The molecule has 3 heterocycles. The smallest absolute Gasteiger partial charge is 0.457 e. The Morgan fingerprint density at radius 2 is 1.55 bits per heavy atom. The number of rotatable bonds is 17. The van der Waals surface area contributed by atoms with Gasteiger partial charge in [-0.1, -0.05) is 71.7 Å². The van der Waals surface area contributed by atoms with E-state index in [1.54, 1.807) is 83.3 Å². The van der Waals surface area contributed by atoms with Crippen LogP contribution in [0.3, 0.4) is 0 Å². The van der Waals surface area contributed by atoms with Gasteiger partial charge in [0.05, 0.1) is 37.1 Å². The number of carbonyl (C=O) groups excluding carboxylic acids is 6. The maximum atomic E-state index is 15.4.